The molecule has 0 bridgehead atoms. The number of nitrogens with one attached hydrogen (secondary N) is 3. The molecule has 9 heteroatoms. The van der Waals surface area contributed by atoms with Gasteiger partial charge in [0.15, 0.2) is 5.82 Å². The molecular weight excluding hydrogens is 370 g/mol. The molecule has 1 fully saturated rings. The third kappa shape index (κ3) is 4.67. The molecule has 0 saturated carbocycles. The van der Waals surface area contributed by atoms with Crippen LogP contribution in [-0.4, -0.2) is 50.9 Å². The zero-order chi connectivity index (χ0) is 20.1. The molecule has 9 nitrogen and oxygen atoms in total. The van der Waals surface area contributed by atoms with E-state index in [1.807, 2.05) is 35.2 Å². The summed E-state index contributed by atoms with van der Waals surface area (Å²) in [6.07, 6.45) is 4.93. The van der Waals surface area contributed by atoms with Gasteiger partial charge in [-0.05, 0) is 37.8 Å². The zero-order valence-electron chi connectivity index (χ0n) is 16.4. The molecule has 3 N–H and O–H groups in total. The Labute approximate surface area is 169 Å². The number of aromatic nitrogens is 3. The third-order valence-corrected chi connectivity index (χ3v) is 5.50. The van der Waals surface area contributed by atoms with Crippen LogP contribution in [0.15, 0.2) is 30.3 Å². The van der Waals surface area contributed by atoms with Crippen molar-refractivity contribution >= 4 is 17.7 Å². The molecule has 1 aromatic carbocycles. The number of anilines is 1. The van der Waals surface area contributed by atoms with Gasteiger partial charge in [-0.3, -0.25) is 0 Å². The molecule has 0 radical (unpaired) electrons. The molecular formula is C20H27N7O2. The molecule has 0 spiro atoms. The van der Waals surface area contributed by atoms with E-state index in [1.54, 1.807) is 0 Å². The minimum Gasteiger partial charge on any atom is -0.336 e. The predicted molar refractivity (Wildman–Crippen MR) is 108 cm³/mol. The number of amides is 4. The molecule has 2 aliphatic rings. The fraction of sp³-hybridized carbons (Fsp3) is 0.500. The van der Waals surface area contributed by atoms with Gasteiger partial charge in [-0.2, -0.15) is 0 Å². The van der Waals surface area contributed by atoms with E-state index in [1.165, 1.54) is 0 Å². The van der Waals surface area contributed by atoms with Gasteiger partial charge in [0.05, 0.1) is 12.6 Å². The second kappa shape index (κ2) is 8.93. The molecule has 4 rings (SSSR count). The lowest BCUT2D eigenvalue weighted by atomic mass is 10.0. The lowest BCUT2D eigenvalue weighted by molar-refractivity contribution is 0.149. The number of hydrogen-bond donors (Lipinski definition) is 3. The van der Waals surface area contributed by atoms with Crippen molar-refractivity contribution in [3.63, 3.8) is 0 Å². The molecule has 154 valence electrons. The maximum Gasteiger partial charge on any atom is 0.319 e. The van der Waals surface area contributed by atoms with Gasteiger partial charge < -0.3 is 25.4 Å². The normalized spacial score (nSPS) is 18.2. The molecule has 1 unspecified atom stereocenters. The van der Waals surface area contributed by atoms with Crippen molar-refractivity contribution in [1.82, 2.24) is 30.3 Å². The highest BCUT2D eigenvalue weighted by atomic mass is 16.2. The summed E-state index contributed by atoms with van der Waals surface area (Å²) in [6.45, 7) is 2.40. The van der Waals surface area contributed by atoms with Crippen LogP contribution in [0.2, 0.25) is 0 Å². The van der Waals surface area contributed by atoms with Gasteiger partial charge in [-0.15, -0.1) is 10.2 Å². The fourth-order valence-corrected chi connectivity index (χ4v) is 3.99. The maximum atomic E-state index is 12.8. The quantitative estimate of drug-likeness (QED) is 0.719. The lowest BCUT2D eigenvalue weighted by Gasteiger charge is -2.35. The summed E-state index contributed by atoms with van der Waals surface area (Å²) >= 11 is 0. The molecule has 0 aliphatic carbocycles. The first-order chi connectivity index (χ1) is 14.2. The summed E-state index contributed by atoms with van der Waals surface area (Å²) in [5.74, 6) is 1.80. The number of carbonyl (C=O) groups is 2. The minimum absolute atomic E-state index is 0.0191. The molecule has 1 saturated heterocycles. The van der Waals surface area contributed by atoms with Crippen LogP contribution in [0.1, 0.15) is 37.3 Å². The van der Waals surface area contributed by atoms with Crippen LogP contribution in [0.25, 0.3) is 0 Å². The second-order valence-corrected chi connectivity index (χ2v) is 7.49. The number of hydrogen-bond acceptors (Lipinski definition) is 4. The van der Waals surface area contributed by atoms with Crippen molar-refractivity contribution in [1.29, 1.82) is 0 Å². The first-order valence-electron chi connectivity index (χ1n) is 10.3. The lowest BCUT2D eigenvalue weighted by Crippen LogP contribution is -2.53. The van der Waals surface area contributed by atoms with Crippen LogP contribution < -0.4 is 16.0 Å². The van der Waals surface area contributed by atoms with Crippen molar-refractivity contribution in [2.24, 2.45) is 0 Å². The van der Waals surface area contributed by atoms with Gasteiger partial charge >= 0.3 is 12.1 Å². The highest BCUT2D eigenvalue weighted by Gasteiger charge is 2.27. The number of rotatable bonds is 5. The second-order valence-electron chi connectivity index (χ2n) is 7.49. The zero-order valence-corrected chi connectivity index (χ0v) is 16.4. The van der Waals surface area contributed by atoms with Crippen molar-refractivity contribution < 1.29 is 9.59 Å². The standard InChI is InChI=1S/C20H27N7O2/c28-19(23-15-7-2-1-3-8-15)21-13-16-9-4-5-11-26(16)20(29)22-14-18-25-24-17-10-6-12-27(17)18/h1-3,7-8,16H,4-6,9-14H2,(H,22,29)(H2,21,23,28). The number of carbonyl (C=O) groups excluding carboxylic acids is 2. The predicted octanol–water partition coefficient (Wildman–Crippen LogP) is 2.11. The van der Waals surface area contributed by atoms with Gasteiger partial charge in [0.25, 0.3) is 0 Å². The van der Waals surface area contributed by atoms with Crippen LogP contribution in [0.3, 0.4) is 0 Å². The Kier molecular flexibility index (Phi) is 5.92. The van der Waals surface area contributed by atoms with Gasteiger partial charge in [0.2, 0.25) is 0 Å². The average molecular weight is 397 g/mol. The van der Waals surface area contributed by atoms with E-state index in [4.69, 9.17) is 0 Å². The summed E-state index contributed by atoms with van der Waals surface area (Å²) in [7, 11) is 0. The van der Waals surface area contributed by atoms with Crippen molar-refractivity contribution in [3.05, 3.63) is 42.0 Å². The number of benzene rings is 1. The first-order valence-corrected chi connectivity index (χ1v) is 10.3. The van der Waals surface area contributed by atoms with Crippen LogP contribution in [0.4, 0.5) is 15.3 Å². The van der Waals surface area contributed by atoms with Crippen LogP contribution in [0, 0.1) is 0 Å². The van der Waals surface area contributed by atoms with Crippen LogP contribution in [0.5, 0.6) is 0 Å². The largest absolute Gasteiger partial charge is 0.336 e. The van der Waals surface area contributed by atoms with E-state index >= 15 is 0 Å². The maximum absolute atomic E-state index is 12.8. The van der Waals surface area contributed by atoms with Crippen LogP contribution >= 0.6 is 0 Å². The Morgan fingerprint density at radius 2 is 1.90 bits per heavy atom. The SMILES string of the molecule is O=C(NCC1CCCCN1C(=O)NCc1nnc2n1CCC2)Nc1ccccc1. The van der Waals surface area contributed by atoms with Crippen molar-refractivity contribution in [2.45, 2.75) is 51.2 Å². The number of piperidine rings is 1. The van der Waals surface area contributed by atoms with E-state index < -0.39 is 0 Å². The van der Waals surface area contributed by atoms with E-state index in [0.717, 1.165) is 56.0 Å². The number of nitrogens with zero attached hydrogens (tertiary/aromatic N) is 4. The molecule has 2 aliphatic heterocycles. The highest BCUT2D eigenvalue weighted by Crippen LogP contribution is 2.17. The summed E-state index contributed by atoms with van der Waals surface area (Å²) in [5.41, 5.74) is 0.740. The van der Waals surface area contributed by atoms with Crippen molar-refractivity contribution in [2.75, 3.05) is 18.4 Å². The number of aryl methyl sites for hydroxylation is 1. The average Bonchev–Trinajstić information content (AvgIpc) is 3.36. The van der Waals surface area contributed by atoms with E-state index in [0.29, 0.717) is 19.6 Å². The molecule has 2 aromatic rings. The minimum atomic E-state index is -0.263. The first kappa shape index (κ1) is 19.2. The van der Waals surface area contributed by atoms with E-state index in [9.17, 15) is 9.59 Å². The fourth-order valence-electron chi connectivity index (χ4n) is 3.99. The van der Waals surface area contributed by atoms with Gasteiger partial charge in [0.1, 0.15) is 5.82 Å². The highest BCUT2D eigenvalue weighted by molar-refractivity contribution is 5.89. The topological polar surface area (TPSA) is 104 Å². The molecule has 4 amide bonds. The Morgan fingerprint density at radius 1 is 1.03 bits per heavy atom. The van der Waals surface area contributed by atoms with Crippen molar-refractivity contribution in [3.8, 4) is 0 Å². The Morgan fingerprint density at radius 3 is 2.76 bits per heavy atom. The summed E-state index contributed by atoms with van der Waals surface area (Å²) < 4.78 is 2.09. The van der Waals surface area contributed by atoms with Gasteiger partial charge in [-0.25, -0.2) is 9.59 Å². The van der Waals surface area contributed by atoms with Gasteiger partial charge in [0, 0.05) is 31.7 Å². The van der Waals surface area contributed by atoms with E-state index in [2.05, 4.69) is 30.7 Å². The summed E-state index contributed by atoms with van der Waals surface area (Å²) in [6, 6.07) is 8.91. The number of fused-ring (bicyclic) bond motifs is 1. The number of likely N-dealkylation sites (tertiary alicyclic amines) is 1. The van der Waals surface area contributed by atoms with Crippen LogP contribution in [-0.2, 0) is 19.5 Å². The monoisotopic (exact) mass is 397 g/mol. The van der Waals surface area contributed by atoms with E-state index in [-0.39, 0.29) is 18.1 Å². The molecule has 1 aromatic heterocycles. The Hall–Kier alpha value is -3.10. The molecule has 29 heavy (non-hydrogen) atoms. The summed E-state index contributed by atoms with van der Waals surface area (Å²) in [5, 5.41) is 17.0. The molecule has 1 atom stereocenters. The Bertz CT molecular complexity index is 852. The number of para-hydroxylation sites is 1. The smallest absolute Gasteiger partial charge is 0.319 e. The Balaban J connectivity index is 1.28. The third-order valence-electron chi connectivity index (χ3n) is 5.50. The number of urea groups is 2. The molecule has 3 heterocycles. The van der Waals surface area contributed by atoms with Gasteiger partial charge in [-0.1, -0.05) is 18.2 Å². The summed E-state index contributed by atoms with van der Waals surface area (Å²) in [4.78, 5) is 26.8.